The molecule has 123 heavy (non-hydrogen) atoms. The number of nitrogens with zero attached hydrogens (tertiary/aromatic N) is 9. The van der Waals surface area contributed by atoms with E-state index in [1.807, 2.05) is 115 Å². The Labute approximate surface area is 703 Å². The number of fused-ring (bicyclic) bond motifs is 20. The first-order valence-electron chi connectivity index (χ1n) is 41.3. The summed E-state index contributed by atoms with van der Waals surface area (Å²) >= 11 is 0. The van der Waals surface area contributed by atoms with Crippen molar-refractivity contribution in [2.75, 3.05) is 4.90 Å². The monoisotopic (exact) mass is 1580 g/mol. The Kier molecular flexibility index (Phi) is 16.6. The van der Waals surface area contributed by atoms with Crippen LogP contribution in [0, 0.1) is 0 Å². The Morgan fingerprint density at radius 1 is 0.195 bits per heavy atom. The quantitative estimate of drug-likeness (QED) is 0.132. The van der Waals surface area contributed by atoms with Gasteiger partial charge < -0.3 is 27.3 Å². The third kappa shape index (κ3) is 12.1. The molecular formula is C111H69N9O3. The lowest BCUT2D eigenvalue weighted by Crippen LogP contribution is -2.09. The van der Waals surface area contributed by atoms with E-state index in [1.54, 1.807) is 0 Å². The summed E-state index contributed by atoms with van der Waals surface area (Å²) in [6.07, 6.45) is 0. The fourth-order valence-electron chi connectivity index (χ4n) is 18.1. The number of rotatable bonds is 10. The fourth-order valence-corrected chi connectivity index (χ4v) is 18.1. The first-order valence-corrected chi connectivity index (χ1v) is 41.3. The van der Waals surface area contributed by atoms with Crippen LogP contribution in [0.5, 0.6) is 0 Å². The first-order chi connectivity index (χ1) is 61.0. The third-order valence-electron chi connectivity index (χ3n) is 23.8. The lowest BCUT2D eigenvalue weighted by Gasteiger charge is -2.25. The van der Waals surface area contributed by atoms with Gasteiger partial charge in [-0.1, -0.05) is 279 Å². The molecule has 18 aromatic carbocycles. The number of aromatic nitrogens is 8. The van der Waals surface area contributed by atoms with Crippen LogP contribution in [0.4, 0.5) is 17.1 Å². The van der Waals surface area contributed by atoms with Crippen LogP contribution in [0.3, 0.4) is 0 Å². The van der Waals surface area contributed by atoms with Crippen molar-refractivity contribution in [3.05, 3.63) is 419 Å². The average Bonchev–Trinajstić information content (AvgIpc) is 1.58. The summed E-state index contributed by atoms with van der Waals surface area (Å²) in [6.45, 7) is 0. The van der Waals surface area contributed by atoms with Gasteiger partial charge in [0.1, 0.15) is 33.5 Å². The molecule has 0 saturated carbocycles. The van der Waals surface area contributed by atoms with Crippen molar-refractivity contribution in [2.45, 2.75) is 0 Å². The summed E-state index contributed by atoms with van der Waals surface area (Å²) in [6, 6.07) is 145. The summed E-state index contributed by atoms with van der Waals surface area (Å²) in [5.41, 5.74) is 23.3. The molecule has 576 valence electrons. The van der Waals surface area contributed by atoms with Crippen molar-refractivity contribution in [2.24, 2.45) is 0 Å². The van der Waals surface area contributed by atoms with Crippen molar-refractivity contribution < 1.29 is 13.3 Å². The fraction of sp³-hybridized carbons (Fsp3) is 0. The summed E-state index contributed by atoms with van der Waals surface area (Å²) in [7, 11) is 0. The van der Waals surface area contributed by atoms with Gasteiger partial charge in [-0.3, -0.25) is 4.57 Å². The Morgan fingerprint density at radius 2 is 0.585 bits per heavy atom. The van der Waals surface area contributed by atoms with Crippen LogP contribution in [-0.4, -0.2) is 38.6 Å². The normalized spacial score (nSPS) is 11.7. The Morgan fingerprint density at radius 3 is 1.15 bits per heavy atom. The second-order valence-electron chi connectivity index (χ2n) is 31.0. The molecule has 8 aromatic heterocycles. The van der Waals surface area contributed by atoms with Crippen LogP contribution in [-0.2, 0) is 0 Å². The highest BCUT2D eigenvalue weighted by Crippen LogP contribution is 2.46. The molecule has 8 heterocycles. The zero-order valence-electron chi connectivity index (χ0n) is 66.1. The summed E-state index contributed by atoms with van der Waals surface area (Å²) in [4.78, 5) is 27.4. The highest BCUT2D eigenvalue weighted by atomic mass is 16.3. The van der Waals surface area contributed by atoms with E-state index >= 15 is 0 Å². The van der Waals surface area contributed by atoms with Gasteiger partial charge in [0.25, 0.3) is 0 Å². The molecule has 12 heteroatoms. The smallest absolute Gasteiger partial charge is 0.235 e. The van der Waals surface area contributed by atoms with E-state index in [9.17, 15) is 0 Å². The Balaban J connectivity index is 0.000000105. The van der Waals surface area contributed by atoms with Crippen molar-refractivity contribution in [1.29, 1.82) is 0 Å². The van der Waals surface area contributed by atoms with Gasteiger partial charge in [0.2, 0.25) is 5.95 Å². The van der Waals surface area contributed by atoms with E-state index in [0.717, 1.165) is 171 Å². The summed E-state index contributed by atoms with van der Waals surface area (Å²) < 4.78 is 25.9. The molecule has 26 rings (SSSR count). The molecule has 0 atom stereocenters. The molecule has 0 aliphatic heterocycles. The third-order valence-corrected chi connectivity index (χ3v) is 23.8. The number of para-hydroxylation sites is 8. The van der Waals surface area contributed by atoms with Crippen molar-refractivity contribution >= 4 is 170 Å². The van der Waals surface area contributed by atoms with Gasteiger partial charge in [0.05, 0.1) is 44.3 Å². The van der Waals surface area contributed by atoms with Crippen LogP contribution in [0.1, 0.15) is 0 Å². The summed E-state index contributed by atoms with van der Waals surface area (Å²) in [5.74, 6) is 2.58. The van der Waals surface area contributed by atoms with Crippen molar-refractivity contribution in [1.82, 2.24) is 38.6 Å². The Hall–Kier alpha value is -16.8. The molecule has 0 bridgehead atoms. The number of hydrogen-bond donors (Lipinski definition) is 0. The molecule has 0 radical (unpaired) electrons. The molecule has 0 aliphatic carbocycles. The first kappa shape index (κ1) is 70.4. The lowest BCUT2D eigenvalue weighted by molar-refractivity contribution is 0.669. The maximum atomic E-state index is 6.50. The van der Waals surface area contributed by atoms with Gasteiger partial charge in [-0.25, -0.2) is 24.9 Å². The van der Waals surface area contributed by atoms with E-state index in [0.29, 0.717) is 23.4 Å². The Bertz CT molecular complexity index is 8590. The minimum absolute atomic E-state index is 0.628. The molecular weight excluding hydrogens is 1510 g/mol. The van der Waals surface area contributed by atoms with Gasteiger partial charge >= 0.3 is 0 Å². The highest BCUT2D eigenvalue weighted by molar-refractivity contribution is 6.21. The number of hydrogen-bond acceptors (Lipinski definition) is 9. The number of benzene rings is 18. The van der Waals surface area contributed by atoms with Gasteiger partial charge in [0, 0.05) is 121 Å². The predicted molar refractivity (Wildman–Crippen MR) is 505 cm³/mol. The molecule has 0 N–H and O–H groups in total. The molecule has 0 saturated heterocycles. The van der Waals surface area contributed by atoms with Gasteiger partial charge in [-0.05, 0) is 150 Å². The van der Waals surface area contributed by atoms with Gasteiger partial charge in [-0.15, -0.1) is 0 Å². The van der Waals surface area contributed by atoms with Gasteiger partial charge in [-0.2, -0.15) is 0 Å². The second kappa shape index (κ2) is 29.1. The molecule has 12 nitrogen and oxygen atoms in total. The minimum atomic E-state index is 0.628. The zero-order chi connectivity index (χ0) is 81.0. The van der Waals surface area contributed by atoms with E-state index in [1.165, 1.54) is 38.0 Å². The molecule has 0 fully saturated rings. The second-order valence-corrected chi connectivity index (χ2v) is 31.0. The largest absolute Gasteiger partial charge is 0.456 e. The molecule has 0 spiro atoms. The lowest BCUT2D eigenvalue weighted by atomic mass is 10.1. The zero-order valence-corrected chi connectivity index (χ0v) is 66.1. The van der Waals surface area contributed by atoms with Crippen LogP contribution in [0.2, 0.25) is 0 Å². The van der Waals surface area contributed by atoms with Gasteiger partial charge in [0.15, 0.2) is 17.5 Å². The van der Waals surface area contributed by atoms with Crippen LogP contribution in [0.15, 0.2) is 432 Å². The van der Waals surface area contributed by atoms with Crippen LogP contribution in [0.25, 0.3) is 216 Å². The summed E-state index contributed by atoms with van der Waals surface area (Å²) in [5, 5.41) is 17.1. The average molecular weight is 1580 g/mol. The minimum Gasteiger partial charge on any atom is -0.456 e. The number of anilines is 3. The molecule has 0 unspecified atom stereocenters. The predicted octanol–water partition coefficient (Wildman–Crippen LogP) is 29.5. The molecule has 0 amide bonds. The van der Waals surface area contributed by atoms with Crippen molar-refractivity contribution in [3.63, 3.8) is 0 Å². The number of furan rings is 3. The SMILES string of the molecule is c1ccc(-c2nc(-c3ccccc3)nc(-c3cccc(-n4c5ccccc5c5cc6oc7ccccc7c6cc54)c3)n2)cc1.c1ccc(-c2nc(-n3c4ccccc4c4cc5oc6ccccc6c5cc43)nc3ccccc23)cc1.c1ccc(N(c2ccc3ccccc3c2)c2ccc3oc4cc5c6ccccc6n(-c6ccccc6)c5cc4c3c2)cc1. The van der Waals surface area contributed by atoms with E-state index in [4.69, 9.17) is 38.2 Å². The topological polar surface area (TPSA) is 122 Å². The molecule has 26 aromatic rings. The van der Waals surface area contributed by atoms with E-state index < -0.39 is 0 Å². The van der Waals surface area contributed by atoms with Crippen LogP contribution < -0.4 is 4.90 Å². The highest BCUT2D eigenvalue weighted by Gasteiger charge is 2.25. The standard InChI is InChI=1S/C40H26N2O.C39H24N4O.C32H19N3O/c1-3-13-29(14-4-1)41(31-20-19-27-11-7-8-12-28(27)23-31)32-21-22-39-35(24-32)36-25-38-34(26-40(36)43-39)33-17-9-10-18-37(33)42(38)30-15-5-2-6-16-30;1-3-12-25(13-4-1)37-40-38(26-14-5-2-6-15-26)42-39(41-37)27-16-11-17-28(22-27)43-33-20-9-7-18-29(33)31-24-36-32(23-34(31)43)30-19-8-10-21-35(30)44-36;1-2-10-20(11-3-1)31-23-14-4-7-15-26(23)33-32(34-31)35-27-16-8-5-12-21(27)24-19-30-25(18-28(24)35)22-13-6-9-17-29(22)36-30/h1-26H;1-24H;1-19H. The van der Waals surface area contributed by atoms with E-state index in [2.05, 4.69) is 322 Å². The maximum Gasteiger partial charge on any atom is 0.235 e. The maximum absolute atomic E-state index is 6.50. The van der Waals surface area contributed by atoms with Crippen molar-refractivity contribution in [3.8, 4) is 62.7 Å². The van der Waals surface area contributed by atoms with E-state index in [-0.39, 0.29) is 0 Å². The van der Waals surface area contributed by atoms with Crippen LogP contribution >= 0.6 is 0 Å². The molecule has 0 aliphatic rings.